The summed E-state index contributed by atoms with van der Waals surface area (Å²) in [5.41, 5.74) is 2.58. The summed E-state index contributed by atoms with van der Waals surface area (Å²) >= 11 is 0. The third-order valence-electron chi connectivity index (χ3n) is 4.38. The highest BCUT2D eigenvalue weighted by atomic mass is 35.5. The fourth-order valence-corrected chi connectivity index (χ4v) is 3.03. The molecule has 0 spiro atoms. The fraction of sp³-hybridized carbons (Fsp3) is 0.562. The van der Waals surface area contributed by atoms with Gasteiger partial charge in [-0.3, -0.25) is 4.79 Å². The molecule has 1 aromatic carbocycles. The van der Waals surface area contributed by atoms with Gasteiger partial charge in [0.05, 0.1) is 12.0 Å². The van der Waals surface area contributed by atoms with E-state index in [9.17, 15) is 4.79 Å². The molecule has 3 rings (SSSR count). The fourth-order valence-electron chi connectivity index (χ4n) is 3.03. The molecule has 2 heterocycles. The largest absolute Gasteiger partial charge is 0.335 e. The summed E-state index contributed by atoms with van der Waals surface area (Å²) in [4.78, 5) is 14.6. The van der Waals surface area contributed by atoms with Crippen molar-refractivity contribution in [2.24, 2.45) is 5.92 Å². The highest BCUT2D eigenvalue weighted by molar-refractivity contribution is 5.85. The third-order valence-corrected chi connectivity index (χ3v) is 4.38. The Hall–Kier alpha value is -1.06. The highest BCUT2D eigenvalue weighted by Gasteiger charge is 2.34. The molecule has 0 aromatic heterocycles. The van der Waals surface area contributed by atoms with E-state index in [0.717, 1.165) is 32.5 Å². The van der Waals surface area contributed by atoms with Crippen LogP contribution in [-0.4, -0.2) is 30.4 Å². The predicted molar refractivity (Wildman–Crippen MR) is 83.1 cm³/mol. The molecule has 2 aliphatic heterocycles. The van der Waals surface area contributed by atoms with E-state index in [-0.39, 0.29) is 18.3 Å². The summed E-state index contributed by atoms with van der Waals surface area (Å²) in [7, 11) is 0. The van der Waals surface area contributed by atoms with Crippen LogP contribution < -0.4 is 5.32 Å². The van der Waals surface area contributed by atoms with E-state index >= 15 is 0 Å². The van der Waals surface area contributed by atoms with Crippen LogP contribution in [0.5, 0.6) is 0 Å². The lowest BCUT2D eigenvalue weighted by atomic mass is 9.92. The number of aryl methyl sites for hydroxylation is 1. The van der Waals surface area contributed by atoms with Crippen molar-refractivity contribution < 1.29 is 4.79 Å². The Morgan fingerprint density at radius 3 is 2.50 bits per heavy atom. The zero-order valence-corrected chi connectivity index (χ0v) is 12.8. The van der Waals surface area contributed by atoms with Crippen molar-refractivity contribution in [2.75, 3.05) is 19.6 Å². The molecule has 0 saturated carbocycles. The van der Waals surface area contributed by atoms with Crippen molar-refractivity contribution in [1.29, 1.82) is 0 Å². The Bertz CT molecular complexity index is 456. The first-order valence-corrected chi connectivity index (χ1v) is 7.33. The SMILES string of the molecule is Cc1ccc(C2CCCCN2C(=O)C2CNC2)cc1.Cl. The van der Waals surface area contributed by atoms with Crippen LogP contribution in [0.25, 0.3) is 0 Å². The summed E-state index contributed by atoms with van der Waals surface area (Å²) in [6.07, 6.45) is 3.48. The Morgan fingerprint density at radius 1 is 1.20 bits per heavy atom. The lowest BCUT2D eigenvalue weighted by molar-refractivity contribution is -0.141. The van der Waals surface area contributed by atoms with Gasteiger partial charge in [0.2, 0.25) is 5.91 Å². The number of carbonyl (C=O) groups is 1. The maximum Gasteiger partial charge on any atom is 0.228 e. The minimum atomic E-state index is 0. The number of hydrogen-bond acceptors (Lipinski definition) is 2. The average Bonchev–Trinajstić information content (AvgIpc) is 2.37. The standard InChI is InChI=1S/C16H22N2O.ClH/c1-12-5-7-13(8-6-12)15-4-2-3-9-18(15)16(19)14-10-17-11-14;/h5-8,14-15,17H,2-4,9-11H2,1H3;1H. The molecule has 110 valence electrons. The van der Waals surface area contributed by atoms with Gasteiger partial charge < -0.3 is 10.2 Å². The number of carbonyl (C=O) groups excluding carboxylic acids is 1. The van der Waals surface area contributed by atoms with Gasteiger partial charge in [-0.25, -0.2) is 0 Å². The number of hydrogen-bond donors (Lipinski definition) is 1. The van der Waals surface area contributed by atoms with Gasteiger partial charge in [0.1, 0.15) is 0 Å². The Balaban J connectivity index is 0.00000147. The van der Waals surface area contributed by atoms with Crippen LogP contribution in [0.3, 0.4) is 0 Å². The molecular formula is C16H23ClN2O. The van der Waals surface area contributed by atoms with Gasteiger partial charge in [-0.1, -0.05) is 29.8 Å². The molecule has 3 nitrogen and oxygen atoms in total. The maximum absolute atomic E-state index is 12.5. The molecule has 2 fully saturated rings. The Kier molecular flexibility index (Phi) is 5.06. The smallest absolute Gasteiger partial charge is 0.228 e. The molecule has 2 aliphatic rings. The number of halogens is 1. The minimum absolute atomic E-state index is 0. The monoisotopic (exact) mass is 294 g/mol. The molecule has 0 aliphatic carbocycles. The summed E-state index contributed by atoms with van der Waals surface area (Å²) in [5.74, 6) is 0.565. The van der Waals surface area contributed by atoms with Crippen molar-refractivity contribution >= 4 is 18.3 Å². The normalized spacial score (nSPS) is 22.9. The van der Waals surface area contributed by atoms with E-state index < -0.39 is 0 Å². The first kappa shape index (κ1) is 15.3. The summed E-state index contributed by atoms with van der Waals surface area (Å²) in [6, 6.07) is 8.96. The molecule has 1 N–H and O–H groups in total. The second-order valence-corrected chi connectivity index (χ2v) is 5.81. The van der Waals surface area contributed by atoms with Gasteiger partial charge in [0.25, 0.3) is 0 Å². The van der Waals surface area contributed by atoms with E-state index in [1.807, 2.05) is 0 Å². The molecule has 20 heavy (non-hydrogen) atoms. The number of likely N-dealkylation sites (tertiary alicyclic amines) is 1. The van der Waals surface area contributed by atoms with E-state index in [2.05, 4.69) is 41.4 Å². The van der Waals surface area contributed by atoms with E-state index in [0.29, 0.717) is 11.9 Å². The Morgan fingerprint density at radius 2 is 1.90 bits per heavy atom. The number of piperidine rings is 1. The molecule has 0 radical (unpaired) electrons. The van der Waals surface area contributed by atoms with E-state index in [1.165, 1.54) is 17.5 Å². The van der Waals surface area contributed by atoms with Crippen LogP contribution in [0.4, 0.5) is 0 Å². The summed E-state index contributed by atoms with van der Waals surface area (Å²) < 4.78 is 0. The lowest BCUT2D eigenvalue weighted by Crippen LogP contribution is -2.53. The number of benzene rings is 1. The van der Waals surface area contributed by atoms with Crippen molar-refractivity contribution in [2.45, 2.75) is 32.2 Å². The zero-order chi connectivity index (χ0) is 13.2. The van der Waals surface area contributed by atoms with Crippen LogP contribution in [0, 0.1) is 12.8 Å². The number of rotatable bonds is 2. The molecule has 4 heteroatoms. The molecule has 2 saturated heterocycles. The molecular weight excluding hydrogens is 272 g/mol. The van der Waals surface area contributed by atoms with Gasteiger partial charge in [-0.05, 0) is 31.7 Å². The molecule has 1 aromatic rings. The zero-order valence-electron chi connectivity index (χ0n) is 12.0. The Labute approximate surface area is 127 Å². The van der Waals surface area contributed by atoms with Gasteiger partial charge in [0, 0.05) is 19.6 Å². The van der Waals surface area contributed by atoms with Crippen LogP contribution in [0.15, 0.2) is 24.3 Å². The quantitative estimate of drug-likeness (QED) is 0.909. The highest BCUT2D eigenvalue weighted by Crippen LogP contribution is 2.32. The molecule has 0 bridgehead atoms. The van der Waals surface area contributed by atoms with Crippen LogP contribution >= 0.6 is 12.4 Å². The number of nitrogens with one attached hydrogen (secondary N) is 1. The van der Waals surface area contributed by atoms with Gasteiger partial charge in [-0.2, -0.15) is 0 Å². The molecule has 1 atom stereocenters. The first-order chi connectivity index (χ1) is 9.25. The second kappa shape index (κ2) is 6.59. The number of nitrogens with zero attached hydrogens (tertiary/aromatic N) is 1. The van der Waals surface area contributed by atoms with Crippen molar-refractivity contribution in [3.05, 3.63) is 35.4 Å². The molecule has 1 unspecified atom stereocenters. The van der Waals surface area contributed by atoms with Gasteiger partial charge >= 0.3 is 0 Å². The van der Waals surface area contributed by atoms with Crippen molar-refractivity contribution in [3.8, 4) is 0 Å². The van der Waals surface area contributed by atoms with E-state index in [4.69, 9.17) is 0 Å². The van der Waals surface area contributed by atoms with Crippen LogP contribution in [0.1, 0.15) is 36.4 Å². The van der Waals surface area contributed by atoms with Crippen LogP contribution in [-0.2, 0) is 4.79 Å². The van der Waals surface area contributed by atoms with Crippen molar-refractivity contribution in [1.82, 2.24) is 10.2 Å². The van der Waals surface area contributed by atoms with Gasteiger partial charge in [0.15, 0.2) is 0 Å². The second-order valence-electron chi connectivity index (χ2n) is 5.81. The van der Waals surface area contributed by atoms with Crippen LogP contribution in [0.2, 0.25) is 0 Å². The number of amides is 1. The molecule has 1 amide bonds. The predicted octanol–water partition coefficient (Wildman–Crippen LogP) is 2.69. The average molecular weight is 295 g/mol. The summed E-state index contributed by atoms with van der Waals surface area (Å²) in [5, 5.41) is 3.20. The summed E-state index contributed by atoms with van der Waals surface area (Å²) in [6.45, 7) is 4.74. The first-order valence-electron chi connectivity index (χ1n) is 7.33. The third kappa shape index (κ3) is 2.99. The lowest BCUT2D eigenvalue weighted by Gasteiger charge is -2.40. The van der Waals surface area contributed by atoms with Crippen molar-refractivity contribution in [3.63, 3.8) is 0 Å². The van der Waals surface area contributed by atoms with Gasteiger partial charge in [-0.15, -0.1) is 12.4 Å². The minimum Gasteiger partial charge on any atom is -0.335 e. The maximum atomic E-state index is 12.5. The topological polar surface area (TPSA) is 32.3 Å². The van der Waals surface area contributed by atoms with E-state index in [1.54, 1.807) is 0 Å².